The molecule has 5 heteroatoms. The second-order valence-corrected chi connectivity index (χ2v) is 4.83. The van der Waals surface area contributed by atoms with E-state index in [4.69, 9.17) is 5.73 Å². The zero-order valence-electron chi connectivity index (χ0n) is 11.3. The minimum atomic E-state index is -0.571. The number of rotatable bonds is 2. The van der Waals surface area contributed by atoms with Crippen LogP contribution in [0.15, 0.2) is 42.6 Å². The first-order valence-corrected chi connectivity index (χ1v) is 6.42. The second-order valence-electron chi connectivity index (χ2n) is 4.83. The second kappa shape index (κ2) is 5.01. The van der Waals surface area contributed by atoms with Gasteiger partial charge in [0.1, 0.15) is 11.5 Å². The number of nitrogens with one attached hydrogen (secondary N) is 1. The van der Waals surface area contributed by atoms with Crippen molar-refractivity contribution in [2.24, 2.45) is 0 Å². The van der Waals surface area contributed by atoms with Gasteiger partial charge in [-0.3, -0.25) is 4.98 Å². The van der Waals surface area contributed by atoms with E-state index >= 15 is 0 Å². The minimum Gasteiger partial charge on any atom is -0.398 e. The van der Waals surface area contributed by atoms with Crippen molar-refractivity contribution < 1.29 is 8.78 Å². The van der Waals surface area contributed by atoms with Gasteiger partial charge in [-0.1, -0.05) is 6.07 Å². The predicted molar refractivity (Wildman–Crippen MR) is 80.5 cm³/mol. The van der Waals surface area contributed by atoms with Gasteiger partial charge < -0.3 is 11.1 Å². The quantitative estimate of drug-likeness (QED) is 0.695. The monoisotopic (exact) mass is 285 g/mol. The van der Waals surface area contributed by atoms with Gasteiger partial charge in [-0.15, -0.1) is 0 Å². The lowest BCUT2D eigenvalue weighted by atomic mass is 10.1. The van der Waals surface area contributed by atoms with Gasteiger partial charge >= 0.3 is 0 Å². The van der Waals surface area contributed by atoms with Crippen LogP contribution in [0.1, 0.15) is 5.56 Å². The number of benzene rings is 2. The first-order chi connectivity index (χ1) is 10.1. The molecule has 3 rings (SSSR count). The molecule has 0 unspecified atom stereocenters. The number of nitrogen functional groups attached to an aromatic ring is 1. The fourth-order valence-electron chi connectivity index (χ4n) is 2.21. The Hall–Kier alpha value is -2.69. The van der Waals surface area contributed by atoms with Crippen LogP contribution in [0, 0.1) is 18.6 Å². The van der Waals surface area contributed by atoms with Crippen molar-refractivity contribution in [2.75, 3.05) is 11.1 Å². The van der Waals surface area contributed by atoms with Crippen molar-refractivity contribution in [2.45, 2.75) is 6.92 Å². The molecule has 0 radical (unpaired) electrons. The maximum atomic E-state index is 14.2. The van der Waals surface area contributed by atoms with Crippen molar-refractivity contribution in [1.82, 2.24) is 4.98 Å². The smallest absolute Gasteiger partial charge is 0.150 e. The van der Waals surface area contributed by atoms with Crippen LogP contribution in [0.5, 0.6) is 0 Å². The maximum Gasteiger partial charge on any atom is 0.150 e. The van der Waals surface area contributed by atoms with Gasteiger partial charge in [0, 0.05) is 17.3 Å². The van der Waals surface area contributed by atoms with Crippen molar-refractivity contribution in [3.05, 3.63) is 59.8 Å². The highest BCUT2D eigenvalue weighted by molar-refractivity contribution is 5.99. The maximum absolute atomic E-state index is 14.2. The van der Waals surface area contributed by atoms with E-state index in [1.807, 2.05) is 0 Å². The Labute approximate surface area is 120 Å². The lowest BCUT2D eigenvalue weighted by molar-refractivity contribution is 0.626. The Morgan fingerprint density at radius 2 is 1.90 bits per heavy atom. The van der Waals surface area contributed by atoms with E-state index in [0.29, 0.717) is 16.6 Å². The first-order valence-electron chi connectivity index (χ1n) is 6.42. The highest BCUT2D eigenvalue weighted by Gasteiger charge is 2.13. The highest BCUT2D eigenvalue weighted by atomic mass is 19.1. The zero-order chi connectivity index (χ0) is 15.0. The van der Waals surface area contributed by atoms with Crippen LogP contribution < -0.4 is 11.1 Å². The van der Waals surface area contributed by atoms with Crippen LogP contribution in [0.2, 0.25) is 0 Å². The van der Waals surface area contributed by atoms with Crippen molar-refractivity contribution in [3.63, 3.8) is 0 Å². The van der Waals surface area contributed by atoms with E-state index in [1.54, 1.807) is 31.2 Å². The summed E-state index contributed by atoms with van der Waals surface area (Å²) in [5, 5.41) is 3.39. The number of nitrogens with two attached hydrogens (primary N) is 1. The number of hydrogen-bond acceptors (Lipinski definition) is 3. The number of hydrogen-bond donors (Lipinski definition) is 2. The molecule has 0 amide bonds. The molecule has 1 aromatic heterocycles. The largest absolute Gasteiger partial charge is 0.398 e. The number of fused-ring (bicyclic) bond motifs is 1. The average molecular weight is 285 g/mol. The van der Waals surface area contributed by atoms with Gasteiger partial charge in [0.05, 0.1) is 11.2 Å². The number of anilines is 3. The molecule has 0 saturated carbocycles. The molecular weight excluding hydrogens is 272 g/mol. The number of pyridine rings is 1. The van der Waals surface area contributed by atoms with E-state index in [2.05, 4.69) is 10.3 Å². The number of aromatic nitrogens is 1. The summed E-state index contributed by atoms with van der Waals surface area (Å²) in [6.45, 7) is 1.79. The summed E-state index contributed by atoms with van der Waals surface area (Å²) in [5.41, 5.74) is 7.55. The van der Waals surface area contributed by atoms with Crippen LogP contribution in [0.3, 0.4) is 0 Å². The molecule has 0 aliphatic carbocycles. The van der Waals surface area contributed by atoms with E-state index in [0.717, 1.165) is 5.56 Å². The lowest BCUT2D eigenvalue weighted by Gasteiger charge is -2.12. The van der Waals surface area contributed by atoms with Gasteiger partial charge in [0.2, 0.25) is 0 Å². The summed E-state index contributed by atoms with van der Waals surface area (Å²) >= 11 is 0. The lowest BCUT2D eigenvalue weighted by Crippen LogP contribution is -2.01. The molecule has 0 spiro atoms. The van der Waals surface area contributed by atoms with Gasteiger partial charge in [-0.25, -0.2) is 8.78 Å². The van der Waals surface area contributed by atoms with Gasteiger partial charge in [0.25, 0.3) is 0 Å². The molecule has 3 N–H and O–H groups in total. The first kappa shape index (κ1) is 13.3. The molecule has 0 atom stereocenters. The van der Waals surface area contributed by atoms with Crippen LogP contribution in [-0.4, -0.2) is 4.98 Å². The van der Waals surface area contributed by atoms with Crippen molar-refractivity contribution >= 4 is 28.0 Å². The summed E-state index contributed by atoms with van der Waals surface area (Å²) in [7, 11) is 0. The summed E-state index contributed by atoms with van der Waals surface area (Å²) in [6, 6.07) is 9.36. The Morgan fingerprint density at radius 1 is 1.10 bits per heavy atom. The summed E-state index contributed by atoms with van der Waals surface area (Å²) in [4.78, 5) is 4.14. The molecule has 1 heterocycles. The average Bonchev–Trinajstić information content (AvgIpc) is 2.45. The van der Waals surface area contributed by atoms with E-state index in [9.17, 15) is 8.78 Å². The van der Waals surface area contributed by atoms with E-state index in [1.165, 1.54) is 18.3 Å². The molecule has 3 aromatic rings. The Balaban J connectivity index is 2.16. The Bertz CT molecular complexity index is 831. The highest BCUT2D eigenvalue weighted by Crippen LogP contribution is 2.32. The van der Waals surface area contributed by atoms with Crippen molar-refractivity contribution in [3.8, 4) is 0 Å². The number of aryl methyl sites for hydroxylation is 1. The normalized spacial score (nSPS) is 10.8. The predicted octanol–water partition coefficient (Wildman–Crippen LogP) is 4.15. The van der Waals surface area contributed by atoms with Crippen LogP contribution in [0.4, 0.5) is 25.8 Å². The molecule has 0 aliphatic heterocycles. The molecule has 0 saturated heterocycles. The van der Waals surface area contributed by atoms with Crippen molar-refractivity contribution in [1.29, 1.82) is 0 Å². The minimum absolute atomic E-state index is 0.113. The van der Waals surface area contributed by atoms with E-state index < -0.39 is 11.6 Å². The third-order valence-electron chi connectivity index (χ3n) is 3.26. The standard InChI is InChI=1S/C16H13F2N3/c1-9-4-5-14(11(17)7-9)21-16-12(18)8-13(19)10-3-2-6-20-15(10)16/h2-8,21H,19H2,1H3. The molecule has 0 bridgehead atoms. The van der Waals surface area contributed by atoms with Crippen LogP contribution in [0.25, 0.3) is 10.9 Å². The van der Waals surface area contributed by atoms with Crippen LogP contribution >= 0.6 is 0 Å². The molecular formula is C16H13F2N3. The Morgan fingerprint density at radius 3 is 2.67 bits per heavy atom. The molecule has 0 fully saturated rings. The van der Waals surface area contributed by atoms with Gasteiger partial charge in [-0.2, -0.15) is 0 Å². The summed E-state index contributed by atoms with van der Waals surface area (Å²) in [6.07, 6.45) is 1.54. The Kier molecular flexibility index (Phi) is 3.17. The van der Waals surface area contributed by atoms with Gasteiger partial charge in [-0.05, 0) is 42.8 Å². The molecule has 2 aromatic carbocycles. The fraction of sp³-hybridized carbons (Fsp3) is 0.0625. The summed E-state index contributed by atoms with van der Waals surface area (Å²) < 4.78 is 28.1. The molecule has 3 nitrogen and oxygen atoms in total. The zero-order valence-corrected chi connectivity index (χ0v) is 11.3. The molecule has 21 heavy (non-hydrogen) atoms. The number of halogens is 2. The van der Waals surface area contributed by atoms with Gasteiger partial charge in [0.15, 0.2) is 5.82 Å². The fourth-order valence-corrected chi connectivity index (χ4v) is 2.21. The topological polar surface area (TPSA) is 50.9 Å². The third-order valence-corrected chi connectivity index (χ3v) is 3.26. The third kappa shape index (κ3) is 2.38. The SMILES string of the molecule is Cc1ccc(Nc2c(F)cc(N)c3cccnc23)c(F)c1. The van der Waals surface area contributed by atoms with E-state index in [-0.39, 0.29) is 11.4 Å². The van der Waals surface area contributed by atoms with Crippen LogP contribution in [-0.2, 0) is 0 Å². The molecule has 0 aliphatic rings. The molecule has 106 valence electrons. The summed E-state index contributed by atoms with van der Waals surface area (Å²) in [5.74, 6) is -1.02. The number of nitrogens with zero attached hydrogens (tertiary/aromatic N) is 1.